The quantitative estimate of drug-likeness (QED) is 0.175. The Morgan fingerprint density at radius 3 is 1.50 bits per heavy atom. The SMILES string of the molecule is c1cc(-c2cccc(-c3cncc4ccccc34)c2)cc(-c2cc(-c3cccc4ccccc34)nc(-c3ccc(-c4cccc5ccccc45)cc3)n2)c1. The van der Waals surface area contributed by atoms with Crippen molar-refractivity contribution in [3.8, 4) is 67.3 Å². The van der Waals surface area contributed by atoms with Crippen molar-refractivity contribution in [2.75, 3.05) is 0 Å². The maximum atomic E-state index is 5.25. The van der Waals surface area contributed by atoms with Crippen LogP contribution in [0.4, 0.5) is 0 Å². The van der Waals surface area contributed by atoms with E-state index in [0.29, 0.717) is 5.82 Å². The lowest BCUT2D eigenvalue weighted by atomic mass is 9.95. The Balaban J connectivity index is 1.08. The Kier molecular flexibility index (Phi) is 7.81. The summed E-state index contributed by atoms with van der Waals surface area (Å²) in [5.41, 5.74) is 11.7. The summed E-state index contributed by atoms with van der Waals surface area (Å²) in [5, 5.41) is 7.14. The summed E-state index contributed by atoms with van der Waals surface area (Å²) in [7, 11) is 0. The summed E-state index contributed by atoms with van der Waals surface area (Å²) in [5.74, 6) is 0.691. The van der Waals surface area contributed by atoms with Crippen LogP contribution in [-0.2, 0) is 0 Å². The highest BCUT2D eigenvalue weighted by atomic mass is 14.9. The second-order valence-electron chi connectivity index (χ2n) is 13.7. The van der Waals surface area contributed by atoms with Crippen LogP contribution in [0, 0.1) is 0 Å². The van der Waals surface area contributed by atoms with Crippen LogP contribution in [0.3, 0.4) is 0 Å². The van der Waals surface area contributed by atoms with Gasteiger partial charge in [0.15, 0.2) is 5.82 Å². The van der Waals surface area contributed by atoms with E-state index in [1.807, 2.05) is 12.4 Å². The molecule has 0 atom stereocenters. The van der Waals surface area contributed by atoms with E-state index in [4.69, 9.17) is 9.97 Å². The molecule has 0 radical (unpaired) electrons. The van der Waals surface area contributed by atoms with Crippen LogP contribution in [0.25, 0.3) is 99.6 Å². The molecular formula is C51H33N3. The zero-order valence-corrected chi connectivity index (χ0v) is 29.4. The van der Waals surface area contributed by atoms with Crippen LogP contribution in [-0.4, -0.2) is 15.0 Å². The van der Waals surface area contributed by atoms with E-state index in [0.717, 1.165) is 66.7 Å². The van der Waals surface area contributed by atoms with Crippen molar-refractivity contribution < 1.29 is 0 Å². The largest absolute Gasteiger partial charge is 0.263 e. The topological polar surface area (TPSA) is 38.7 Å². The molecule has 54 heavy (non-hydrogen) atoms. The van der Waals surface area contributed by atoms with E-state index >= 15 is 0 Å². The Hall–Kier alpha value is -7.23. The number of nitrogens with zero attached hydrogens (tertiary/aromatic N) is 3. The Bertz CT molecular complexity index is 2980. The normalized spacial score (nSPS) is 11.3. The van der Waals surface area contributed by atoms with E-state index in [2.05, 4.69) is 193 Å². The van der Waals surface area contributed by atoms with E-state index < -0.39 is 0 Å². The van der Waals surface area contributed by atoms with E-state index in [9.17, 15) is 0 Å². The Morgan fingerprint density at radius 1 is 0.278 bits per heavy atom. The molecule has 2 heterocycles. The van der Waals surface area contributed by atoms with Crippen molar-refractivity contribution in [2.24, 2.45) is 0 Å². The lowest BCUT2D eigenvalue weighted by molar-refractivity contribution is 1.18. The molecule has 0 spiro atoms. The first-order valence-electron chi connectivity index (χ1n) is 18.2. The molecule has 0 aliphatic heterocycles. The molecule has 0 unspecified atom stereocenters. The lowest BCUT2D eigenvalue weighted by Gasteiger charge is -2.13. The number of pyridine rings is 1. The first-order chi connectivity index (χ1) is 26.7. The summed E-state index contributed by atoms with van der Waals surface area (Å²) in [6.07, 6.45) is 3.89. The minimum atomic E-state index is 0.691. The Labute approximate surface area is 313 Å². The van der Waals surface area contributed by atoms with E-state index in [1.54, 1.807) is 0 Å². The highest BCUT2D eigenvalue weighted by molar-refractivity contribution is 5.99. The fourth-order valence-electron chi connectivity index (χ4n) is 7.66. The molecular weight excluding hydrogens is 655 g/mol. The Morgan fingerprint density at radius 2 is 0.778 bits per heavy atom. The second kappa shape index (κ2) is 13.4. The van der Waals surface area contributed by atoms with E-state index in [-0.39, 0.29) is 0 Å². The molecule has 0 amide bonds. The summed E-state index contributed by atoms with van der Waals surface area (Å²) in [6, 6.07) is 66.5. The smallest absolute Gasteiger partial charge is 0.160 e. The third-order valence-corrected chi connectivity index (χ3v) is 10.4. The van der Waals surface area contributed by atoms with Gasteiger partial charge in [0.05, 0.1) is 11.4 Å². The average molecular weight is 688 g/mol. The molecule has 8 aromatic carbocycles. The van der Waals surface area contributed by atoms with Crippen LogP contribution in [0.2, 0.25) is 0 Å². The molecule has 252 valence electrons. The minimum absolute atomic E-state index is 0.691. The zero-order chi connectivity index (χ0) is 35.8. The molecule has 3 nitrogen and oxygen atoms in total. The van der Waals surface area contributed by atoms with Crippen molar-refractivity contribution in [2.45, 2.75) is 0 Å². The van der Waals surface area contributed by atoms with Gasteiger partial charge in [0.25, 0.3) is 0 Å². The number of hydrogen-bond donors (Lipinski definition) is 0. The molecule has 2 aromatic heterocycles. The first-order valence-corrected chi connectivity index (χ1v) is 18.2. The molecule has 0 saturated carbocycles. The summed E-state index contributed by atoms with van der Waals surface area (Å²) in [4.78, 5) is 15.0. The first kappa shape index (κ1) is 31.5. The van der Waals surface area contributed by atoms with Gasteiger partial charge in [-0.1, -0.05) is 170 Å². The third kappa shape index (κ3) is 5.78. The molecule has 10 aromatic rings. The molecule has 0 fully saturated rings. The minimum Gasteiger partial charge on any atom is -0.263 e. The molecule has 3 heteroatoms. The monoisotopic (exact) mass is 687 g/mol. The molecule has 0 aliphatic carbocycles. The van der Waals surface area contributed by atoms with Crippen LogP contribution in [0.15, 0.2) is 200 Å². The highest BCUT2D eigenvalue weighted by Crippen LogP contribution is 2.36. The lowest BCUT2D eigenvalue weighted by Crippen LogP contribution is -1.97. The average Bonchev–Trinajstić information content (AvgIpc) is 3.26. The number of aromatic nitrogens is 3. The maximum Gasteiger partial charge on any atom is 0.160 e. The van der Waals surface area contributed by atoms with Crippen molar-refractivity contribution >= 4 is 32.3 Å². The van der Waals surface area contributed by atoms with Crippen molar-refractivity contribution in [3.63, 3.8) is 0 Å². The molecule has 0 aliphatic rings. The maximum absolute atomic E-state index is 5.25. The van der Waals surface area contributed by atoms with Gasteiger partial charge in [0.2, 0.25) is 0 Å². The zero-order valence-electron chi connectivity index (χ0n) is 29.4. The van der Waals surface area contributed by atoms with Gasteiger partial charge >= 0.3 is 0 Å². The summed E-state index contributed by atoms with van der Waals surface area (Å²) in [6.45, 7) is 0. The third-order valence-electron chi connectivity index (χ3n) is 10.4. The number of hydrogen-bond acceptors (Lipinski definition) is 3. The number of benzene rings is 8. The summed E-state index contributed by atoms with van der Waals surface area (Å²) >= 11 is 0. The fourth-order valence-corrected chi connectivity index (χ4v) is 7.66. The van der Waals surface area contributed by atoms with Crippen LogP contribution in [0.1, 0.15) is 0 Å². The van der Waals surface area contributed by atoms with Gasteiger partial charge in [-0.15, -0.1) is 0 Å². The van der Waals surface area contributed by atoms with Gasteiger partial charge in [-0.25, -0.2) is 9.97 Å². The molecule has 0 N–H and O–H groups in total. The fraction of sp³-hybridized carbons (Fsp3) is 0. The van der Waals surface area contributed by atoms with Gasteiger partial charge < -0.3 is 0 Å². The van der Waals surface area contributed by atoms with Gasteiger partial charge in [-0.2, -0.15) is 0 Å². The molecule has 0 saturated heterocycles. The highest BCUT2D eigenvalue weighted by Gasteiger charge is 2.15. The van der Waals surface area contributed by atoms with Crippen molar-refractivity contribution in [1.29, 1.82) is 0 Å². The van der Waals surface area contributed by atoms with E-state index in [1.165, 1.54) is 27.1 Å². The standard InChI is InChI=1S/C51H33N3/c1-4-20-43-34(11-1)14-9-23-44(43)36-25-27-37(28-26-36)51-53-49(31-50(54-51)47-24-10-15-35-12-2-5-21-45(35)47)41-19-8-17-39(30-41)38-16-7-18-40(29-38)48-33-52-32-42-13-3-6-22-46(42)48/h1-33H. The van der Waals surface area contributed by atoms with Gasteiger partial charge in [-0.3, -0.25) is 4.98 Å². The number of fused-ring (bicyclic) bond motifs is 3. The van der Waals surface area contributed by atoms with Crippen molar-refractivity contribution in [1.82, 2.24) is 15.0 Å². The molecule has 10 rings (SSSR count). The molecule has 0 bridgehead atoms. The number of rotatable bonds is 6. The second-order valence-corrected chi connectivity index (χ2v) is 13.7. The van der Waals surface area contributed by atoms with Gasteiger partial charge in [0, 0.05) is 40.0 Å². The van der Waals surface area contributed by atoms with Crippen LogP contribution < -0.4 is 0 Å². The van der Waals surface area contributed by atoms with Gasteiger partial charge in [0.1, 0.15) is 0 Å². The summed E-state index contributed by atoms with van der Waals surface area (Å²) < 4.78 is 0. The van der Waals surface area contributed by atoms with Crippen LogP contribution in [0.5, 0.6) is 0 Å². The predicted molar refractivity (Wildman–Crippen MR) is 225 cm³/mol. The predicted octanol–water partition coefficient (Wildman–Crippen LogP) is 13.3. The van der Waals surface area contributed by atoms with Crippen molar-refractivity contribution in [3.05, 3.63) is 200 Å². The van der Waals surface area contributed by atoms with Crippen LogP contribution >= 0.6 is 0 Å². The van der Waals surface area contributed by atoms with Gasteiger partial charge in [-0.05, 0) is 72.9 Å².